The molecule has 1 N–H and O–H groups in total. The van der Waals surface area contributed by atoms with Crippen molar-refractivity contribution in [3.63, 3.8) is 0 Å². The summed E-state index contributed by atoms with van der Waals surface area (Å²) in [6, 6.07) is 7.00. The van der Waals surface area contributed by atoms with E-state index in [0.717, 1.165) is 24.9 Å². The molecule has 0 radical (unpaired) electrons. The van der Waals surface area contributed by atoms with Crippen LogP contribution in [0.3, 0.4) is 0 Å². The average molecular weight is 412 g/mol. The number of sulfonamides is 1. The van der Waals surface area contributed by atoms with Gasteiger partial charge in [-0.2, -0.15) is 0 Å². The number of carbonyl (C=O) groups excluding carboxylic acids is 1. The highest BCUT2D eigenvalue weighted by Crippen LogP contribution is 2.16. The molecule has 0 atom stereocenters. The molecule has 1 aliphatic heterocycles. The van der Waals surface area contributed by atoms with Crippen LogP contribution in [0, 0.1) is 6.92 Å². The van der Waals surface area contributed by atoms with Crippen LogP contribution in [0.2, 0.25) is 5.02 Å². The Bertz CT molecular complexity index is 905. The van der Waals surface area contributed by atoms with Crippen molar-refractivity contribution < 1.29 is 13.2 Å². The van der Waals surface area contributed by atoms with Crippen LogP contribution in [0.5, 0.6) is 0 Å². The van der Waals surface area contributed by atoms with Gasteiger partial charge in [0.2, 0.25) is 10.0 Å². The zero-order chi connectivity index (χ0) is 19.4. The predicted molar refractivity (Wildman–Crippen MR) is 103 cm³/mol. The zero-order valence-electron chi connectivity index (χ0n) is 15.1. The van der Waals surface area contributed by atoms with Crippen molar-refractivity contribution in [2.75, 3.05) is 25.4 Å². The van der Waals surface area contributed by atoms with Gasteiger partial charge in [0, 0.05) is 24.7 Å². The zero-order valence-corrected chi connectivity index (χ0v) is 16.6. The molecule has 0 bridgehead atoms. The number of nitrogens with one attached hydrogen (secondary N) is 1. The highest BCUT2D eigenvalue weighted by molar-refractivity contribution is 7.89. The number of halogens is 1. The van der Waals surface area contributed by atoms with E-state index in [4.69, 9.17) is 11.6 Å². The van der Waals surface area contributed by atoms with E-state index in [1.807, 2.05) is 0 Å². The number of aromatic nitrogens is 3. The van der Waals surface area contributed by atoms with Gasteiger partial charge in [-0.1, -0.05) is 23.2 Å². The van der Waals surface area contributed by atoms with Crippen LogP contribution in [0.4, 0.5) is 0 Å². The Hall–Kier alpha value is -1.97. The van der Waals surface area contributed by atoms with Gasteiger partial charge < -0.3 is 5.32 Å². The summed E-state index contributed by atoms with van der Waals surface area (Å²) in [6.07, 6.45) is 2.84. The number of benzene rings is 1. The average Bonchev–Trinajstić information content (AvgIpc) is 3.04. The minimum Gasteiger partial charge on any atom is -0.350 e. The maximum absolute atomic E-state index is 12.4. The van der Waals surface area contributed by atoms with Gasteiger partial charge in [-0.05, 0) is 44.0 Å². The van der Waals surface area contributed by atoms with Gasteiger partial charge in [-0.25, -0.2) is 17.4 Å². The molecule has 2 heterocycles. The Morgan fingerprint density at radius 2 is 1.85 bits per heavy atom. The summed E-state index contributed by atoms with van der Waals surface area (Å²) in [4.78, 5) is 12.4. The molecule has 1 aliphatic rings. The van der Waals surface area contributed by atoms with Crippen LogP contribution in [-0.4, -0.2) is 59.0 Å². The lowest BCUT2D eigenvalue weighted by Gasteiger charge is -2.25. The van der Waals surface area contributed by atoms with E-state index in [1.54, 1.807) is 31.2 Å². The summed E-state index contributed by atoms with van der Waals surface area (Å²) >= 11 is 5.88. The van der Waals surface area contributed by atoms with Crippen LogP contribution in [0.25, 0.3) is 5.69 Å². The molecule has 0 spiro atoms. The first kappa shape index (κ1) is 19.8. The molecule has 146 valence electrons. The fourth-order valence-electron chi connectivity index (χ4n) is 3.02. The number of hydrogen-bond donors (Lipinski definition) is 1. The first-order chi connectivity index (χ1) is 12.9. The minimum absolute atomic E-state index is 0.0327. The van der Waals surface area contributed by atoms with Crippen molar-refractivity contribution in [2.45, 2.75) is 26.2 Å². The molecule has 1 amide bonds. The summed E-state index contributed by atoms with van der Waals surface area (Å²) in [7, 11) is -3.35. The van der Waals surface area contributed by atoms with Crippen molar-refractivity contribution >= 4 is 27.5 Å². The van der Waals surface area contributed by atoms with Gasteiger partial charge in [-0.15, -0.1) is 5.10 Å². The van der Waals surface area contributed by atoms with Crippen LogP contribution in [0.1, 0.15) is 35.4 Å². The topological polar surface area (TPSA) is 97.2 Å². The molecule has 0 saturated carbocycles. The number of carbonyl (C=O) groups is 1. The Balaban J connectivity index is 1.61. The van der Waals surface area contributed by atoms with E-state index in [9.17, 15) is 13.2 Å². The molecule has 2 aromatic rings. The first-order valence-electron chi connectivity index (χ1n) is 8.83. The largest absolute Gasteiger partial charge is 0.350 e. The molecule has 1 fully saturated rings. The fourth-order valence-corrected chi connectivity index (χ4v) is 4.57. The number of piperidine rings is 1. The summed E-state index contributed by atoms with van der Waals surface area (Å²) in [6.45, 7) is 2.88. The Labute approximate surface area is 163 Å². The van der Waals surface area contributed by atoms with Crippen molar-refractivity contribution in [2.24, 2.45) is 0 Å². The Morgan fingerprint density at radius 3 is 2.52 bits per heavy atom. The second-order valence-corrected chi connectivity index (χ2v) is 8.97. The minimum atomic E-state index is -3.35. The highest BCUT2D eigenvalue weighted by atomic mass is 35.5. The van der Waals surface area contributed by atoms with E-state index in [-0.39, 0.29) is 18.0 Å². The Morgan fingerprint density at radius 1 is 1.19 bits per heavy atom. The molecule has 27 heavy (non-hydrogen) atoms. The third-order valence-electron chi connectivity index (χ3n) is 4.53. The van der Waals surface area contributed by atoms with E-state index < -0.39 is 15.9 Å². The van der Waals surface area contributed by atoms with Gasteiger partial charge in [-0.3, -0.25) is 4.79 Å². The van der Waals surface area contributed by atoms with Crippen molar-refractivity contribution in [3.8, 4) is 5.69 Å². The van der Waals surface area contributed by atoms with Crippen LogP contribution >= 0.6 is 11.6 Å². The lowest BCUT2D eigenvalue weighted by Crippen LogP contribution is -2.40. The standard InChI is InChI=1S/C17H22ClN5O3S/c1-13-16(20-21-23(13)15-7-5-14(18)6-8-15)17(24)19-9-12-27(25,26)22-10-3-2-4-11-22/h5-8H,2-4,9-12H2,1H3,(H,19,24). The summed E-state index contributed by atoms with van der Waals surface area (Å²) in [5.41, 5.74) is 1.46. The molecule has 3 rings (SSSR count). The molecule has 10 heteroatoms. The maximum atomic E-state index is 12.4. The van der Waals surface area contributed by atoms with Gasteiger partial charge in [0.15, 0.2) is 5.69 Å². The third kappa shape index (κ3) is 4.66. The molecule has 1 saturated heterocycles. The predicted octanol–water partition coefficient (Wildman–Crippen LogP) is 1.77. The molecule has 0 aliphatic carbocycles. The number of rotatable bonds is 6. The molecular weight excluding hydrogens is 390 g/mol. The number of nitrogens with zero attached hydrogens (tertiary/aromatic N) is 4. The van der Waals surface area contributed by atoms with Gasteiger partial charge in [0.05, 0.1) is 17.1 Å². The van der Waals surface area contributed by atoms with Crippen LogP contribution in [-0.2, 0) is 10.0 Å². The van der Waals surface area contributed by atoms with Crippen LogP contribution < -0.4 is 5.32 Å². The smallest absolute Gasteiger partial charge is 0.273 e. The molecule has 8 nitrogen and oxygen atoms in total. The maximum Gasteiger partial charge on any atom is 0.273 e. The second kappa shape index (κ2) is 8.37. The molecular formula is C17H22ClN5O3S. The SMILES string of the molecule is Cc1c(C(=O)NCCS(=O)(=O)N2CCCCC2)nnn1-c1ccc(Cl)cc1. The third-order valence-corrected chi connectivity index (χ3v) is 6.66. The van der Waals surface area contributed by atoms with Crippen molar-refractivity contribution in [1.29, 1.82) is 0 Å². The van der Waals surface area contributed by atoms with Crippen molar-refractivity contribution in [1.82, 2.24) is 24.6 Å². The quantitative estimate of drug-likeness (QED) is 0.781. The van der Waals surface area contributed by atoms with E-state index >= 15 is 0 Å². The van der Waals surface area contributed by atoms with E-state index in [0.29, 0.717) is 23.8 Å². The summed E-state index contributed by atoms with van der Waals surface area (Å²) < 4.78 is 27.7. The van der Waals surface area contributed by atoms with Gasteiger partial charge in [0.25, 0.3) is 5.91 Å². The van der Waals surface area contributed by atoms with Crippen molar-refractivity contribution in [3.05, 3.63) is 40.7 Å². The lowest BCUT2D eigenvalue weighted by molar-refractivity contribution is 0.0950. The first-order valence-corrected chi connectivity index (χ1v) is 10.8. The van der Waals surface area contributed by atoms with Gasteiger partial charge >= 0.3 is 0 Å². The second-order valence-electron chi connectivity index (χ2n) is 6.44. The molecule has 1 aromatic heterocycles. The number of amides is 1. The molecule has 0 unspecified atom stereocenters. The summed E-state index contributed by atoms with van der Waals surface area (Å²) in [5.74, 6) is -0.565. The van der Waals surface area contributed by atoms with E-state index in [2.05, 4.69) is 15.6 Å². The highest BCUT2D eigenvalue weighted by Gasteiger charge is 2.24. The molecule has 1 aromatic carbocycles. The van der Waals surface area contributed by atoms with Crippen LogP contribution in [0.15, 0.2) is 24.3 Å². The van der Waals surface area contributed by atoms with E-state index in [1.165, 1.54) is 8.99 Å². The number of hydrogen-bond acceptors (Lipinski definition) is 5. The fraction of sp³-hybridized carbons (Fsp3) is 0.471. The summed E-state index contributed by atoms with van der Waals surface area (Å²) in [5, 5.41) is 11.2. The lowest BCUT2D eigenvalue weighted by atomic mass is 10.2. The van der Waals surface area contributed by atoms with Gasteiger partial charge in [0.1, 0.15) is 0 Å². The Kier molecular flexibility index (Phi) is 6.13. The monoisotopic (exact) mass is 411 g/mol. The normalized spacial score (nSPS) is 15.6.